The van der Waals surface area contributed by atoms with E-state index in [9.17, 15) is 18.0 Å². The zero-order valence-corrected chi connectivity index (χ0v) is 19.3. The first-order chi connectivity index (χ1) is 15.8. The number of thioether (sulfide) groups is 1. The standard InChI is InChI=1S/C24H21N3O4S2/c1-17-12-14-18(15-13-17)25-22(28)16-21-23(29)27(19-8-4-2-5-9-19)24(32-21)26-33(30,31)20-10-6-3-7-11-20/h2-15,21H,16H2,1H3,(H,25,28)/t21-/m0/s1. The molecule has 33 heavy (non-hydrogen) atoms. The molecule has 0 aromatic heterocycles. The highest BCUT2D eigenvalue weighted by Gasteiger charge is 2.41. The summed E-state index contributed by atoms with van der Waals surface area (Å²) in [6.07, 6.45) is -0.120. The number of carbonyl (C=O) groups excluding carboxylic acids is 2. The van der Waals surface area contributed by atoms with Crippen molar-refractivity contribution in [2.75, 3.05) is 10.2 Å². The summed E-state index contributed by atoms with van der Waals surface area (Å²) in [6.45, 7) is 1.95. The van der Waals surface area contributed by atoms with Crippen LogP contribution in [0.25, 0.3) is 0 Å². The van der Waals surface area contributed by atoms with E-state index in [1.165, 1.54) is 17.0 Å². The van der Waals surface area contributed by atoms with E-state index in [1.54, 1.807) is 60.7 Å². The zero-order valence-electron chi connectivity index (χ0n) is 17.7. The third-order valence-corrected chi connectivity index (χ3v) is 7.43. The molecule has 0 saturated carbocycles. The number of hydrogen-bond donors (Lipinski definition) is 1. The quantitative estimate of drug-likeness (QED) is 0.571. The Hall–Kier alpha value is -3.43. The zero-order chi connectivity index (χ0) is 23.4. The Morgan fingerprint density at radius 2 is 1.58 bits per heavy atom. The fraction of sp³-hybridized carbons (Fsp3) is 0.125. The van der Waals surface area contributed by atoms with Gasteiger partial charge in [0.25, 0.3) is 10.0 Å². The molecule has 0 aliphatic carbocycles. The molecule has 1 aliphatic heterocycles. The number of sulfonamides is 1. The molecule has 2 amide bonds. The Morgan fingerprint density at radius 1 is 0.970 bits per heavy atom. The van der Waals surface area contributed by atoms with Crippen molar-refractivity contribution in [3.8, 4) is 0 Å². The predicted molar refractivity (Wildman–Crippen MR) is 131 cm³/mol. The molecule has 1 heterocycles. The molecule has 3 aromatic carbocycles. The average molecular weight is 480 g/mol. The van der Waals surface area contributed by atoms with Crippen molar-refractivity contribution < 1.29 is 18.0 Å². The summed E-state index contributed by atoms with van der Waals surface area (Å²) in [5.74, 6) is -0.739. The fourth-order valence-corrected chi connectivity index (χ4v) is 5.60. The van der Waals surface area contributed by atoms with Crippen LogP contribution in [0.1, 0.15) is 12.0 Å². The largest absolute Gasteiger partial charge is 0.326 e. The Labute approximate surface area is 196 Å². The van der Waals surface area contributed by atoms with Crippen molar-refractivity contribution in [3.05, 3.63) is 90.5 Å². The van der Waals surface area contributed by atoms with Crippen molar-refractivity contribution in [2.24, 2.45) is 4.40 Å². The topological polar surface area (TPSA) is 95.9 Å². The monoisotopic (exact) mass is 479 g/mol. The van der Waals surface area contributed by atoms with Crippen molar-refractivity contribution in [2.45, 2.75) is 23.5 Å². The molecule has 1 aliphatic rings. The molecule has 0 unspecified atom stereocenters. The molecule has 1 N–H and O–H groups in total. The van der Waals surface area contributed by atoms with Gasteiger partial charge in [-0.25, -0.2) is 0 Å². The number of anilines is 2. The van der Waals surface area contributed by atoms with E-state index in [4.69, 9.17) is 0 Å². The molecule has 1 fully saturated rings. The lowest BCUT2D eigenvalue weighted by molar-refractivity contribution is -0.121. The molecule has 4 rings (SSSR count). The van der Waals surface area contributed by atoms with Crippen molar-refractivity contribution in [3.63, 3.8) is 0 Å². The Balaban J connectivity index is 1.61. The summed E-state index contributed by atoms with van der Waals surface area (Å²) in [4.78, 5) is 27.1. The van der Waals surface area contributed by atoms with E-state index in [0.717, 1.165) is 17.3 Å². The lowest BCUT2D eigenvalue weighted by atomic mass is 10.2. The molecule has 1 saturated heterocycles. The van der Waals surface area contributed by atoms with Gasteiger partial charge in [0.1, 0.15) is 5.25 Å². The molecular weight excluding hydrogens is 458 g/mol. The predicted octanol–water partition coefficient (Wildman–Crippen LogP) is 4.22. The Morgan fingerprint density at radius 3 is 2.21 bits per heavy atom. The molecule has 0 radical (unpaired) electrons. The molecule has 0 spiro atoms. The number of nitrogens with zero attached hydrogens (tertiary/aromatic N) is 2. The normalized spacial score (nSPS) is 17.4. The van der Waals surface area contributed by atoms with Gasteiger partial charge < -0.3 is 5.32 Å². The minimum atomic E-state index is -4.04. The minimum Gasteiger partial charge on any atom is -0.326 e. The highest BCUT2D eigenvalue weighted by atomic mass is 32.2. The highest BCUT2D eigenvalue weighted by molar-refractivity contribution is 8.16. The van der Waals surface area contributed by atoms with Crippen LogP contribution in [-0.4, -0.2) is 30.6 Å². The van der Waals surface area contributed by atoms with Gasteiger partial charge in [0.15, 0.2) is 5.17 Å². The van der Waals surface area contributed by atoms with E-state index in [1.807, 2.05) is 19.1 Å². The van der Waals surface area contributed by atoms with Gasteiger partial charge in [0, 0.05) is 12.1 Å². The number of nitrogens with one attached hydrogen (secondary N) is 1. The first-order valence-corrected chi connectivity index (χ1v) is 12.5. The average Bonchev–Trinajstić information content (AvgIpc) is 3.10. The van der Waals surface area contributed by atoms with Gasteiger partial charge in [-0.2, -0.15) is 8.42 Å². The fourth-order valence-electron chi connectivity index (χ4n) is 3.24. The number of carbonyl (C=O) groups is 2. The van der Waals surface area contributed by atoms with Crippen LogP contribution in [-0.2, 0) is 19.6 Å². The summed E-state index contributed by atoms with van der Waals surface area (Å²) >= 11 is 0.971. The molecule has 3 aromatic rings. The van der Waals surface area contributed by atoms with Crippen LogP contribution >= 0.6 is 11.8 Å². The maximum Gasteiger partial charge on any atom is 0.284 e. The van der Waals surface area contributed by atoms with Gasteiger partial charge in [-0.15, -0.1) is 4.40 Å². The van der Waals surface area contributed by atoms with Gasteiger partial charge in [0.2, 0.25) is 11.8 Å². The number of para-hydroxylation sites is 1. The molecule has 168 valence electrons. The van der Waals surface area contributed by atoms with Crippen LogP contribution in [0.4, 0.5) is 11.4 Å². The van der Waals surface area contributed by atoms with Gasteiger partial charge in [-0.05, 0) is 43.3 Å². The molecule has 7 nitrogen and oxygen atoms in total. The first-order valence-electron chi connectivity index (χ1n) is 10.2. The Kier molecular flexibility index (Phi) is 6.62. The SMILES string of the molecule is Cc1ccc(NC(=O)C[C@@H]2SC(=NS(=O)(=O)c3ccccc3)N(c3ccccc3)C2=O)cc1. The maximum absolute atomic E-state index is 13.2. The van der Waals surface area contributed by atoms with Crippen LogP contribution in [0.2, 0.25) is 0 Å². The number of amidine groups is 1. The molecule has 9 heteroatoms. The molecule has 0 bridgehead atoms. The number of benzene rings is 3. The van der Waals surface area contributed by atoms with Gasteiger partial charge >= 0.3 is 0 Å². The summed E-state index contributed by atoms with van der Waals surface area (Å²) < 4.78 is 29.7. The van der Waals surface area contributed by atoms with E-state index < -0.39 is 21.2 Å². The first kappa shape index (κ1) is 22.8. The van der Waals surface area contributed by atoms with Crippen LogP contribution < -0.4 is 10.2 Å². The number of aryl methyl sites for hydroxylation is 1. The van der Waals surface area contributed by atoms with Gasteiger partial charge in [-0.1, -0.05) is 65.9 Å². The van der Waals surface area contributed by atoms with Crippen molar-refractivity contribution in [1.82, 2.24) is 0 Å². The van der Waals surface area contributed by atoms with Crippen molar-refractivity contribution in [1.29, 1.82) is 0 Å². The summed E-state index contributed by atoms with van der Waals surface area (Å²) in [5.41, 5.74) is 2.17. The van der Waals surface area contributed by atoms with Crippen LogP contribution in [0.15, 0.2) is 94.2 Å². The van der Waals surface area contributed by atoms with E-state index in [0.29, 0.717) is 11.4 Å². The number of hydrogen-bond acceptors (Lipinski definition) is 5. The van der Waals surface area contributed by atoms with E-state index in [2.05, 4.69) is 9.71 Å². The second-order valence-electron chi connectivity index (χ2n) is 7.40. The molecular formula is C24H21N3O4S2. The van der Waals surface area contributed by atoms with E-state index >= 15 is 0 Å². The third-order valence-electron chi connectivity index (χ3n) is 4.89. The van der Waals surface area contributed by atoms with Crippen LogP contribution in [0, 0.1) is 6.92 Å². The summed E-state index contributed by atoms with van der Waals surface area (Å²) in [7, 11) is -4.04. The maximum atomic E-state index is 13.2. The minimum absolute atomic E-state index is 0.0168. The van der Waals surface area contributed by atoms with E-state index in [-0.39, 0.29) is 22.4 Å². The lowest BCUT2D eigenvalue weighted by Gasteiger charge is -2.16. The second kappa shape index (κ2) is 9.60. The molecule has 1 atom stereocenters. The van der Waals surface area contributed by atoms with Crippen LogP contribution in [0.3, 0.4) is 0 Å². The van der Waals surface area contributed by atoms with Gasteiger partial charge in [0.05, 0.1) is 10.6 Å². The summed E-state index contributed by atoms with van der Waals surface area (Å²) in [5, 5.41) is 1.99. The van der Waals surface area contributed by atoms with Crippen molar-refractivity contribution >= 4 is 50.1 Å². The highest BCUT2D eigenvalue weighted by Crippen LogP contribution is 2.35. The Bertz CT molecular complexity index is 1290. The third kappa shape index (κ3) is 5.32. The van der Waals surface area contributed by atoms with Crippen LogP contribution in [0.5, 0.6) is 0 Å². The number of amides is 2. The number of rotatable bonds is 6. The smallest absolute Gasteiger partial charge is 0.284 e. The summed E-state index contributed by atoms with van der Waals surface area (Å²) in [6, 6.07) is 23.8. The lowest BCUT2D eigenvalue weighted by Crippen LogP contribution is -2.33. The van der Waals surface area contributed by atoms with Gasteiger partial charge in [-0.3, -0.25) is 14.5 Å². The second-order valence-corrected chi connectivity index (χ2v) is 10.2.